The molecule has 0 amide bonds. The van der Waals surface area contributed by atoms with Crippen LogP contribution in [0.4, 0.5) is 0 Å². The molecule has 0 aliphatic carbocycles. The van der Waals surface area contributed by atoms with E-state index in [4.69, 9.17) is 15.2 Å². The summed E-state index contributed by atoms with van der Waals surface area (Å²) in [5, 5.41) is 18.5. The fourth-order valence-electron chi connectivity index (χ4n) is 0.721. The SMILES string of the molecule is N#CCN1C[C@H](O)CO1. The standard InChI is InChI=1S/C5H8N2O2/c6-1-2-7-3-5(8)4-9-7/h5,8H,2-4H2/t5-/m0/s1. The number of hydrogen-bond acceptors (Lipinski definition) is 4. The van der Waals surface area contributed by atoms with Gasteiger partial charge in [-0.25, -0.2) is 0 Å². The van der Waals surface area contributed by atoms with Crippen LogP contribution in [0.2, 0.25) is 0 Å². The average Bonchev–Trinajstić information content (AvgIpc) is 2.17. The highest BCUT2D eigenvalue weighted by Crippen LogP contribution is 2.02. The van der Waals surface area contributed by atoms with E-state index in [2.05, 4.69) is 0 Å². The molecule has 1 heterocycles. The molecule has 50 valence electrons. The summed E-state index contributed by atoms with van der Waals surface area (Å²) >= 11 is 0. The van der Waals surface area contributed by atoms with E-state index in [-0.39, 0.29) is 6.54 Å². The minimum absolute atomic E-state index is 0.233. The predicted molar refractivity (Wildman–Crippen MR) is 29.1 cm³/mol. The minimum Gasteiger partial charge on any atom is -0.389 e. The summed E-state index contributed by atoms with van der Waals surface area (Å²) in [5.74, 6) is 0. The molecule has 9 heavy (non-hydrogen) atoms. The van der Waals surface area contributed by atoms with E-state index < -0.39 is 6.10 Å². The van der Waals surface area contributed by atoms with Gasteiger partial charge in [-0.2, -0.15) is 10.3 Å². The predicted octanol–water partition coefficient (Wildman–Crippen LogP) is -0.882. The van der Waals surface area contributed by atoms with Crippen LogP contribution in [0.3, 0.4) is 0 Å². The Kier molecular flexibility index (Phi) is 2.01. The second-order valence-electron chi connectivity index (χ2n) is 1.93. The first-order chi connectivity index (χ1) is 4.33. The van der Waals surface area contributed by atoms with Crippen LogP contribution in [0, 0.1) is 11.3 Å². The van der Waals surface area contributed by atoms with E-state index in [9.17, 15) is 0 Å². The number of hydrogen-bond donors (Lipinski definition) is 1. The summed E-state index contributed by atoms with van der Waals surface area (Å²) in [6.07, 6.45) is -0.418. The third-order valence-corrected chi connectivity index (χ3v) is 1.11. The van der Waals surface area contributed by atoms with Crippen LogP contribution in [0.1, 0.15) is 0 Å². The summed E-state index contributed by atoms with van der Waals surface area (Å²) in [6, 6.07) is 1.92. The Morgan fingerprint density at radius 3 is 3.11 bits per heavy atom. The first-order valence-corrected chi connectivity index (χ1v) is 2.76. The van der Waals surface area contributed by atoms with E-state index in [0.29, 0.717) is 13.2 Å². The number of rotatable bonds is 1. The van der Waals surface area contributed by atoms with Crippen molar-refractivity contribution in [3.05, 3.63) is 0 Å². The molecule has 1 rings (SSSR count). The maximum absolute atomic E-state index is 8.85. The molecule has 0 aromatic carbocycles. The van der Waals surface area contributed by atoms with Gasteiger partial charge in [-0.3, -0.25) is 4.84 Å². The Hall–Kier alpha value is -0.630. The molecular formula is C5H8N2O2. The minimum atomic E-state index is -0.418. The largest absolute Gasteiger partial charge is 0.389 e. The highest BCUT2D eigenvalue weighted by atomic mass is 16.7. The zero-order chi connectivity index (χ0) is 6.69. The van der Waals surface area contributed by atoms with Crippen LogP contribution in [0.5, 0.6) is 0 Å². The van der Waals surface area contributed by atoms with Gasteiger partial charge >= 0.3 is 0 Å². The summed E-state index contributed by atoms with van der Waals surface area (Å²) in [5.41, 5.74) is 0. The van der Waals surface area contributed by atoms with Crippen LogP contribution in [0.25, 0.3) is 0 Å². The number of aliphatic hydroxyl groups excluding tert-OH is 1. The topological polar surface area (TPSA) is 56.5 Å². The van der Waals surface area contributed by atoms with E-state index in [1.165, 1.54) is 5.06 Å². The third-order valence-electron chi connectivity index (χ3n) is 1.11. The number of β-amino-alcohol motifs (C(OH)–C–C–N with tert-alkyl or cyclic N) is 1. The second-order valence-corrected chi connectivity index (χ2v) is 1.93. The number of nitriles is 1. The van der Waals surface area contributed by atoms with Gasteiger partial charge in [0.2, 0.25) is 0 Å². The molecule has 4 heteroatoms. The summed E-state index contributed by atoms with van der Waals surface area (Å²) < 4.78 is 0. The molecule has 1 saturated heterocycles. The molecular weight excluding hydrogens is 120 g/mol. The molecule has 0 aromatic rings. The van der Waals surface area contributed by atoms with Gasteiger partial charge in [0.25, 0.3) is 0 Å². The van der Waals surface area contributed by atoms with Crippen molar-refractivity contribution >= 4 is 0 Å². The Bertz CT molecular complexity index is 131. The van der Waals surface area contributed by atoms with Crippen LogP contribution >= 0.6 is 0 Å². The van der Waals surface area contributed by atoms with Crippen LogP contribution < -0.4 is 0 Å². The van der Waals surface area contributed by atoms with E-state index in [1.807, 2.05) is 6.07 Å². The van der Waals surface area contributed by atoms with Gasteiger partial charge in [0.05, 0.1) is 25.3 Å². The third kappa shape index (κ3) is 1.64. The summed E-state index contributed by atoms with van der Waals surface area (Å²) in [7, 11) is 0. The van der Waals surface area contributed by atoms with Crippen molar-refractivity contribution in [2.75, 3.05) is 19.7 Å². The van der Waals surface area contributed by atoms with Crippen LogP contribution in [-0.2, 0) is 4.84 Å². The van der Waals surface area contributed by atoms with Crippen molar-refractivity contribution in [2.45, 2.75) is 6.10 Å². The average molecular weight is 128 g/mol. The second kappa shape index (κ2) is 2.78. The molecule has 1 aliphatic heterocycles. The molecule has 0 aromatic heterocycles. The normalized spacial score (nSPS) is 28.2. The van der Waals surface area contributed by atoms with Crippen molar-refractivity contribution in [1.29, 1.82) is 5.26 Å². The highest BCUT2D eigenvalue weighted by molar-refractivity contribution is 4.76. The van der Waals surface area contributed by atoms with Gasteiger partial charge in [-0.05, 0) is 0 Å². The van der Waals surface area contributed by atoms with Crippen molar-refractivity contribution in [1.82, 2.24) is 5.06 Å². The monoisotopic (exact) mass is 128 g/mol. The Morgan fingerprint density at radius 1 is 1.89 bits per heavy atom. The van der Waals surface area contributed by atoms with Crippen LogP contribution in [0.15, 0.2) is 0 Å². The zero-order valence-electron chi connectivity index (χ0n) is 4.95. The molecule has 0 unspecified atom stereocenters. The fraction of sp³-hybridized carbons (Fsp3) is 0.800. The van der Waals surface area contributed by atoms with Gasteiger partial charge in [0.15, 0.2) is 0 Å². The smallest absolute Gasteiger partial charge is 0.111 e. The molecule has 0 saturated carbocycles. The van der Waals surface area contributed by atoms with E-state index >= 15 is 0 Å². The molecule has 1 N–H and O–H groups in total. The first kappa shape index (κ1) is 6.49. The van der Waals surface area contributed by atoms with Gasteiger partial charge in [0.1, 0.15) is 6.54 Å². The highest BCUT2D eigenvalue weighted by Gasteiger charge is 2.20. The first-order valence-electron chi connectivity index (χ1n) is 2.76. The van der Waals surface area contributed by atoms with Gasteiger partial charge in [-0.1, -0.05) is 0 Å². The molecule has 1 atom stereocenters. The zero-order valence-corrected chi connectivity index (χ0v) is 4.95. The van der Waals surface area contributed by atoms with E-state index in [1.54, 1.807) is 0 Å². The van der Waals surface area contributed by atoms with Crippen molar-refractivity contribution in [2.24, 2.45) is 0 Å². The van der Waals surface area contributed by atoms with Crippen molar-refractivity contribution in [3.63, 3.8) is 0 Å². The molecule has 0 bridgehead atoms. The summed E-state index contributed by atoms with van der Waals surface area (Å²) in [6.45, 7) is 1.01. The van der Waals surface area contributed by atoms with Crippen molar-refractivity contribution in [3.8, 4) is 6.07 Å². The lowest BCUT2D eigenvalue weighted by molar-refractivity contribution is -0.0997. The molecule has 0 spiro atoms. The van der Waals surface area contributed by atoms with Crippen molar-refractivity contribution < 1.29 is 9.94 Å². The number of hydroxylamine groups is 2. The molecule has 4 nitrogen and oxygen atoms in total. The lowest BCUT2D eigenvalue weighted by Crippen LogP contribution is -2.20. The van der Waals surface area contributed by atoms with Gasteiger partial charge in [-0.15, -0.1) is 0 Å². The van der Waals surface area contributed by atoms with Crippen LogP contribution in [-0.4, -0.2) is 36.0 Å². The molecule has 1 aliphatic rings. The van der Waals surface area contributed by atoms with Gasteiger partial charge in [0, 0.05) is 0 Å². The quantitative estimate of drug-likeness (QED) is 0.466. The van der Waals surface area contributed by atoms with Gasteiger partial charge < -0.3 is 5.11 Å². The maximum atomic E-state index is 8.85. The maximum Gasteiger partial charge on any atom is 0.111 e. The summed E-state index contributed by atoms with van der Waals surface area (Å²) in [4.78, 5) is 4.87. The number of nitrogens with zero attached hydrogens (tertiary/aromatic N) is 2. The van der Waals surface area contributed by atoms with E-state index in [0.717, 1.165) is 0 Å². The Morgan fingerprint density at radius 2 is 2.67 bits per heavy atom. The molecule has 1 fully saturated rings. The Balaban J connectivity index is 2.24. The molecule has 0 radical (unpaired) electrons. The lowest BCUT2D eigenvalue weighted by Gasteiger charge is -2.05. The Labute approximate surface area is 53.2 Å². The number of aliphatic hydroxyl groups is 1. The lowest BCUT2D eigenvalue weighted by atomic mass is 10.4. The fourth-order valence-corrected chi connectivity index (χ4v) is 0.721.